The molecule has 0 radical (unpaired) electrons. The minimum Gasteiger partial charge on any atom is -0.491 e. The molecule has 1 saturated carbocycles. The van der Waals surface area contributed by atoms with Crippen molar-refractivity contribution in [2.75, 3.05) is 6.61 Å². The maximum absolute atomic E-state index is 13.4. The van der Waals surface area contributed by atoms with E-state index in [4.69, 9.17) is 15.2 Å². The molecule has 0 bridgehead atoms. The summed E-state index contributed by atoms with van der Waals surface area (Å²) in [5.41, 5.74) is 6.41. The molecule has 21 heavy (non-hydrogen) atoms. The van der Waals surface area contributed by atoms with E-state index in [2.05, 4.69) is 0 Å². The first-order chi connectivity index (χ1) is 10.2. The molecule has 1 aliphatic heterocycles. The van der Waals surface area contributed by atoms with E-state index in [9.17, 15) is 4.39 Å². The Hall–Kier alpha value is -1.13. The zero-order valence-electron chi connectivity index (χ0n) is 12.4. The minimum absolute atomic E-state index is 0.108. The molecular formula is C17H24FNO2. The predicted molar refractivity (Wildman–Crippen MR) is 79.7 cm³/mol. The lowest BCUT2D eigenvalue weighted by atomic mass is 9.83. The molecule has 0 aromatic heterocycles. The highest BCUT2D eigenvalue weighted by Crippen LogP contribution is 2.41. The van der Waals surface area contributed by atoms with Gasteiger partial charge in [0.25, 0.3) is 0 Å². The molecule has 1 saturated heterocycles. The standard InChI is InChI=1S/C17H24FNO2/c18-14-8-13(11-19)9-16(10-14)20-12-15-4-7-17(21-15)5-2-1-3-6-17/h8-10,15H,1-7,11-12,19H2. The zero-order valence-corrected chi connectivity index (χ0v) is 12.4. The van der Waals surface area contributed by atoms with Crippen LogP contribution in [0.2, 0.25) is 0 Å². The van der Waals surface area contributed by atoms with Crippen LogP contribution in [0, 0.1) is 5.82 Å². The van der Waals surface area contributed by atoms with Crippen LogP contribution < -0.4 is 10.5 Å². The Balaban J connectivity index is 1.55. The van der Waals surface area contributed by atoms with E-state index in [1.165, 1.54) is 44.2 Å². The molecule has 2 aliphatic rings. The Labute approximate surface area is 125 Å². The Kier molecular flexibility index (Phi) is 4.45. The highest BCUT2D eigenvalue weighted by molar-refractivity contribution is 5.29. The molecule has 3 rings (SSSR count). The van der Waals surface area contributed by atoms with Crippen LogP contribution in [0.3, 0.4) is 0 Å². The van der Waals surface area contributed by atoms with E-state index in [-0.39, 0.29) is 17.5 Å². The Morgan fingerprint density at radius 2 is 2.00 bits per heavy atom. The van der Waals surface area contributed by atoms with Crippen molar-refractivity contribution < 1.29 is 13.9 Å². The first kappa shape index (κ1) is 14.8. The van der Waals surface area contributed by atoms with Gasteiger partial charge in [0.1, 0.15) is 18.2 Å². The second-order valence-electron chi connectivity index (χ2n) is 6.33. The van der Waals surface area contributed by atoms with E-state index in [0.29, 0.717) is 18.9 Å². The van der Waals surface area contributed by atoms with Crippen molar-refractivity contribution in [1.29, 1.82) is 0 Å². The first-order valence-corrected chi connectivity index (χ1v) is 7.99. The van der Waals surface area contributed by atoms with Gasteiger partial charge in [-0.3, -0.25) is 0 Å². The fourth-order valence-electron chi connectivity index (χ4n) is 3.59. The average Bonchev–Trinajstić information content (AvgIpc) is 2.88. The van der Waals surface area contributed by atoms with Crippen molar-refractivity contribution in [3.63, 3.8) is 0 Å². The topological polar surface area (TPSA) is 44.5 Å². The van der Waals surface area contributed by atoms with Gasteiger partial charge in [-0.2, -0.15) is 0 Å². The third kappa shape index (κ3) is 3.55. The van der Waals surface area contributed by atoms with Crippen LogP contribution in [0.15, 0.2) is 18.2 Å². The summed E-state index contributed by atoms with van der Waals surface area (Å²) < 4.78 is 25.4. The SMILES string of the molecule is NCc1cc(F)cc(OCC2CCC3(CCCCC3)O2)c1. The van der Waals surface area contributed by atoms with E-state index >= 15 is 0 Å². The molecule has 2 N–H and O–H groups in total. The highest BCUT2D eigenvalue weighted by atomic mass is 19.1. The predicted octanol–water partition coefficient (Wildman–Crippen LogP) is 3.55. The van der Waals surface area contributed by atoms with E-state index < -0.39 is 0 Å². The van der Waals surface area contributed by atoms with Crippen LogP contribution in [0.1, 0.15) is 50.5 Å². The summed E-state index contributed by atoms with van der Waals surface area (Å²) in [5, 5.41) is 0. The maximum atomic E-state index is 13.4. The summed E-state index contributed by atoms with van der Waals surface area (Å²) in [6.45, 7) is 0.812. The number of hydrogen-bond donors (Lipinski definition) is 1. The molecule has 1 unspecified atom stereocenters. The molecule has 0 amide bonds. The third-order valence-electron chi connectivity index (χ3n) is 4.71. The molecule has 1 aliphatic carbocycles. The summed E-state index contributed by atoms with van der Waals surface area (Å²) in [6.07, 6.45) is 8.55. The van der Waals surface area contributed by atoms with Crippen molar-refractivity contribution in [2.45, 2.75) is 63.2 Å². The van der Waals surface area contributed by atoms with Crippen LogP contribution in [0.5, 0.6) is 5.75 Å². The molecule has 4 heteroatoms. The molecule has 3 nitrogen and oxygen atoms in total. The highest BCUT2D eigenvalue weighted by Gasteiger charge is 2.40. The summed E-state index contributed by atoms with van der Waals surface area (Å²) in [7, 11) is 0. The lowest BCUT2D eigenvalue weighted by Gasteiger charge is -2.33. The fraction of sp³-hybridized carbons (Fsp3) is 0.647. The molecule has 1 aromatic carbocycles. The number of benzene rings is 1. The van der Waals surface area contributed by atoms with Crippen molar-refractivity contribution in [3.8, 4) is 5.75 Å². The van der Waals surface area contributed by atoms with Crippen LogP contribution >= 0.6 is 0 Å². The van der Waals surface area contributed by atoms with Gasteiger partial charge in [0, 0.05) is 12.6 Å². The zero-order chi connectivity index (χ0) is 14.7. The summed E-state index contributed by atoms with van der Waals surface area (Å²) >= 11 is 0. The van der Waals surface area contributed by atoms with Crippen LogP contribution in [0.4, 0.5) is 4.39 Å². The normalized spacial score (nSPS) is 24.4. The largest absolute Gasteiger partial charge is 0.491 e. The number of rotatable bonds is 4. The molecular weight excluding hydrogens is 269 g/mol. The summed E-state index contributed by atoms with van der Waals surface area (Å²) in [6, 6.07) is 4.65. The number of nitrogens with two attached hydrogens (primary N) is 1. The van der Waals surface area contributed by atoms with Gasteiger partial charge in [-0.05, 0) is 43.4 Å². The van der Waals surface area contributed by atoms with Crippen molar-refractivity contribution in [1.82, 2.24) is 0 Å². The summed E-state index contributed by atoms with van der Waals surface area (Å²) in [4.78, 5) is 0. The van der Waals surface area contributed by atoms with Crippen molar-refractivity contribution in [3.05, 3.63) is 29.6 Å². The second-order valence-corrected chi connectivity index (χ2v) is 6.33. The molecule has 2 fully saturated rings. The average molecular weight is 293 g/mol. The lowest BCUT2D eigenvalue weighted by molar-refractivity contribution is -0.0748. The maximum Gasteiger partial charge on any atom is 0.127 e. The van der Waals surface area contributed by atoms with Gasteiger partial charge in [-0.15, -0.1) is 0 Å². The van der Waals surface area contributed by atoms with Crippen LogP contribution in [0.25, 0.3) is 0 Å². The second kappa shape index (κ2) is 6.32. The molecule has 116 valence electrons. The molecule has 1 spiro atoms. The lowest BCUT2D eigenvalue weighted by Crippen LogP contribution is -2.32. The summed E-state index contributed by atoms with van der Waals surface area (Å²) in [5.74, 6) is 0.243. The van der Waals surface area contributed by atoms with Gasteiger partial charge in [0.2, 0.25) is 0 Å². The van der Waals surface area contributed by atoms with E-state index in [1.54, 1.807) is 6.07 Å². The quantitative estimate of drug-likeness (QED) is 0.923. The number of ether oxygens (including phenoxy) is 2. The Bertz CT molecular complexity index is 486. The van der Waals surface area contributed by atoms with Gasteiger partial charge in [0.05, 0.1) is 11.7 Å². The Morgan fingerprint density at radius 1 is 1.19 bits per heavy atom. The first-order valence-electron chi connectivity index (χ1n) is 7.99. The van der Waals surface area contributed by atoms with E-state index in [0.717, 1.165) is 18.4 Å². The van der Waals surface area contributed by atoms with Gasteiger partial charge >= 0.3 is 0 Å². The smallest absolute Gasteiger partial charge is 0.127 e. The van der Waals surface area contributed by atoms with Crippen LogP contribution in [-0.4, -0.2) is 18.3 Å². The van der Waals surface area contributed by atoms with Gasteiger partial charge < -0.3 is 15.2 Å². The van der Waals surface area contributed by atoms with Gasteiger partial charge in [-0.1, -0.05) is 19.3 Å². The van der Waals surface area contributed by atoms with Gasteiger partial charge in [-0.25, -0.2) is 4.39 Å². The monoisotopic (exact) mass is 293 g/mol. The number of hydrogen-bond acceptors (Lipinski definition) is 3. The van der Waals surface area contributed by atoms with E-state index in [1.807, 2.05) is 0 Å². The fourth-order valence-corrected chi connectivity index (χ4v) is 3.59. The van der Waals surface area contributed by atoms with Crippen molar-refractivity contribution >= 4 is 0 Å². The third-order valence-corrected chi connectivity index (χ3v) is 4.71. The minimum atomic E-state index is -0.302. The Morgan fingerprint density at radius 3 is 2.76 bits per heavy atom. The van der Waals surface area contributed by atoms with Gasteiger partial charge in [0.15, 0.2) is 0 Å². The number of halogens is 1. The van der Waals surface area contributed by atoms with Crippen molar-refractivity contribution in [2.24, 2.45) is 5.73 Å². The molecule has 1 atom stereocenters. The van der Waals surface area contributed by atoms with Crippen LogP contribution in [-0.2, 0) is 11.3 Å². The molecule has 1 aromatic rings. The molecule has 1 heterocycles.